The van der Waals surface area contributed by atoms with Crippen molar-refractivity contribution in [3.05, 3.63) is 0 Å². The van der Waals surface area contributed by atoms with Crippen LogP contribution in [0.5, 0.6) is 0 Å². The van der Waals surface area contributed by atoms with Crippen molar-refractivity contribution in [1.29, 1.82) is 0 Å². The molecule has 3 N–H and O–H groups in total. The summed E-state index contributed by atoms with van der Waals surface area (Å²) in [6, 6.07) is 1.76. The molecule has 0 aromatic carbocycles. The van der Waals surface area contributed by atoms with Gasteiger partial charge in [0, 0.05) is 30.6 Å². The molecule has 1 amide bonds. The number of carbonyl (C=O) groups excluding carboxylic acids is 1. The lowest BCUT2D eigenvalue weighted by molar-refractivity contribution is -0.126. The summed E-state index contributed by atoms with van der Waals surface area (Å²) in [5.74, 6) is 1.11. The van der Waals surface area contributed by atoms with E-state index in [1.54, 1.807) is 0 Å². The van der Waals surface area contributed by atoms with Crippen LogP contribution in [0.25, 0.3) is 0 Å². The molecular weight excluding hydrogens is 250 g/mol. The Morgan fingerprint density at radius 3 is 2.50 bits per heavy atom. The minimum Gasteiger partial charge on any atom is -0.356 e. The van der Waals surface area contributed by atoms with Crippen LogP contribution in [0, 0.1) is 11.8 Å². The van der Waals surface area contributed by atoms with Crippen LogP contribution in [0.3, 0.4) is 0 Å². The highest BCUT2D eigenvalue weighted by Crippen LogP contribution is 2.37. The largest absolute Gasteiger partial charge is 0.356 e. The molecule has 4 unspecified atom stereocenters. The van der Waals surface area contributed by atoms with Gasteiger partial charge in [0.25, 0.3) is 0 Å². The molecule has 0 aromatic rings. The molecule has 0 aromatic heterocycles. The maximum atomic E-state index is 12.3. The van der Waals surface area contributed by atoms with Crippen molar-refractivity contribution < 1.29 is 4.79 Å². The predicted octanol–water partition coefficient (Wildman–Crippen LogP) is 1.49. The van der Waals surface area contributed by atoms with Crippen LogP contribution >= 0.6 is 0 Å². The summed E-state index contributed by atoms with van der Waals surface area (Å²) in [4.78, 5) is 14.8. The molecule has 0 spiro atoms. The van der Waals surface area contributed by atoms with Crippen LogP contribution in [0.15, 0.2) is 0 Å². The number of hydrogen-bond acceptors (Lipinski definition) is 3. The Labute approximate surface area is 122 Å². The topological polar surface area (TPSA) is 58.4 Å². The van der Waals surface area contributed by atoms with Gasteiger partial charge in [-0.05, 0) is 57.9 Å². The van der Waals surface area contributed by atoms with Gasteiger partial charge in [0.2, 0.25) is 5.91 Å². The van der Waals surface area contributed by atoms with Gasteiger partial charge in [-0.2, -0.15) is 0 Å². The molecule has 1 aliphatic carbocycles. The smallest absolute Gasteiger partial charge is 0.223 e. The number of amides is 1. The molecule has 2 aliphatic heterocycles. The Morgan fingerprint density at radius 2 is 1.85 bits per heavy atom. The van der Waals surface area contributed by atoms with Crippen LogP contribution in [-0.4, -0.2) is 42.5 Å². The number of nitrogens with two attached hydrogens (primary N) is 1. The monoisotopic (exact) mass is 279 g/mol. The Bertz CT molecular complexity index is 346. The van der Waals surface area contributed by atoms with Crippen LogP contribution in [0.4, 0.5) is 0 Å². The quantitative estimate of drug-likeness (QED) is 0.823. The summed E-state index contributed by atoms with van der Waals surface area (Å²) in [5.41, 5.74) is 5.98. The molecule has 3 fully saturated rings. The first-order chi connectivity index (χ1) is 9.63. The normalized spacial score (nSPS) is 41.6. The maximum Gasteiger partial charge on any atom is 0.223 e. The van der Waals surface area contributed by atoms with Crippen molar-refractivity contribution in [2.24, 2.45) is 17.6 Å². The highest BCUT2D eigenvalue weighted by molar-refractivity contribution is 5.78. The molecule has 2 heterocycles. The van der Waals surface area contributed by atoms with Gasteiger partial charge in [-0.15, -0.1) is 0 Å². The Hall–Kier alpha value is -0.610. The number of carbonyl (C=O) groups is 1. The highest BCUT2D eigenvalue weighted by Gasteiger charge is 2.38. The third kappa shape index (κ3) is 3.01. The maximum absolute atomic E-state index is 12.3. The molecule has 2 saturated heterocycles. The van der Waals surface area contributed by atoms with Crippen molar-refractivity contribution in [3.8, 4) is 0 Å². The van der Waals surface area contributed by atoms with Gasteiger partial charge in [0.15, 0.2) is 0 Å². The summed E-state index contributed by atoms with van der Waals surface area (Å²) < 4.78 is 0. The van der Waals surface area contributed by atoms with E-state index in [4.69, 9.17) is 5.73 Å². The van der Waals surface area contributed by atoms with E-state index in [-0.39, 0.29) is 17.9 Å². The average molecular weight is 279 g/mol. The molecule has 3 rings (SSSR count). The lowest BCUT2D eigenvalue weighted by Crippen LogP contribution is -2.45. The van der Waals surface area contributed by atoms with Gasteiger partial charge < -0.3 is 16.0 Å². The van der Waals surface area contributed by atoms with E-state index in [0.717, 1.165) is 44.3 Å². The van der Waals surface area contributed by atoms with E-state index in [1.807, 2.05) is 0 Å². The van der Waals surface area contributed by atoms with Crippen molar-refractivity contribution in [3.63, 3.8) is 0 Å². The Kier molecular flexibility index (Phi) is 4.32. The van der Waals surface area contributed by atoms with Crippen molar-refractivity contribution >= 4 is 5.91 Å². The number of hydrogen-bond donors (Lipinski definition) is 2. The standard InChI is InChI=1S/C16H29N3O/c1-19-14-5-6-15(19)8-11(7-14)10-18-16(20)12-3-2-4-13(17)9-12/h11-15H,2-10,17H2,1H3,(H,18,20). The lowest BCUT2D eigenvalue weighted by atomic mass is 9.85. The van der Waals surface area contributed by atoms with Gasteiger partial charge >= 0.3 is 0 Å². The summed E-state index contributed by atoms with van der Waals surface area (Å²) in [6.45, 7) is 0.880. The third-order valence-electron chi connectivity index (χ3n) is 5.85. The van der Waals surface area contributed by atoms with Crippen LogP contribution in [0.1, 0.15) is 51.4 Å². The molecule has 0 radical (unpaired) electrons. The minimum absolute atomic E-state index is 0.168. The van der Waals surface area contributed by atoms with Gasteiger partial charge in [-0.25, -0.2) is 0 Å². The van der Waals surface area contributed by atoms with Crippen molar-refractivity contribution in [2.45, 2.75) is 69.5 Å². The Morgan fingerprint density at radius 1 is 1.15 bits per heavy atom. The summed E-state index contributed by atoms with van der Waals surface area (Å²) in [7, 11) is 2.26. The second-order valence-electron chi connectivity index (χ2n) is 7.26. The fourth-order valence-electron chi connectivity index (χ4n) is 4.55. The second-order valence-corrected chi connectivity index (χ2v) is 7.26. The van der Waals surface area contributed by atoms with E-state index in [0.29, 0.717) is 5.92 Å². The number of fused-ring (bicyclic) bond motifs is 2. The molecule has 4 heteroatoms. The molecule has 4 atom stereocenters. The lowest BCUT2D eigenvalue weighted by Gasteiger charge is -2.36. The number of nitrogens with zero attached hydrogens (tertiary/aromatic N) is 1. The number of rotatable bonds is 3. The first kappa shape index (κ1) is 14.3. The van der Waals surface area contributed by atoms with Crippen LogP contribution in [-0.2, 0) is 4.79 Å². The van der Waals surface area contributed by atoms with Gasteiger partial charge in [-0.1, -0.05) is 6.42 Å². The van der Waals surface area contributed by atoms with E-state index in [1.165, 1.54) is 25.7 Å². The second kappa shape index (κ2) is 6.02. The predicted molar refractivity (Wildman–Crippen MR) is 80.2 cm³/mol. The zero-order valence-electron chi connectivity index (χ0n) is 12.7. The van der Waals surface area contributed by atoms with E-state index in [2.05, 4.69) is 17.3 Å². The van der Waals surface area contributed by atoms with E-state index in [9.17, 15) is 4.79 Å². The first-order valence-corrected chi connectivity index (χ1v) is 8.38. The van der Waals surface area contributed by atoms with Crippen molar-refractivity contribution in [2.75, 3.05) is 13.6 Å². The SMILES string of the molecule is CN1C2CCC1CC(CNC(=O)C1CCCC(N)C1)C2. The summed E-state index contributed by atoms with van der Waals surface area (Å²) in [5, 5.41) is 3.21. The highest BCUT2D eigenvalue weighted by atomic mass is 16.1. The van der Waals surface area contributed by atoms with Gasteiger partial charge in [0.1, 0.15) is 0 Å². The average Bonchev–Trinajstić information content (AvgIpc) is 2.66. The minimum atomic E-state index is 0.168. The molecule has 4 nitrogen and oxygen atoms in total. The fraction of sp³-hybridized carbons (Fsp3) is 0.938. The first-order valence-electron chi connectivity index (χ1n) is 8.38. The fourth-order valence-corrected chi connectivity index (χ4v) is 4.55. The zero-order valence-corrected chi connectivity index (χ0v) is 12.7. The molecule has 2 bridgehead atoms. The van der Waals surface area contributed by atoms with Gasteiger partial charge in [-0.3, -0.25) is 4.79 Å². The summed E-state index contributed by atoms with van der Waals surface area (Å²) >= 11 is 0. The number of nitrogens with one attached hydrogen (secondary N) is 1. The van der Waals surface area contributed by atoms with Crippen LogP contribution < -0.4 is 11.1 Å². The van der Waals surface area contributed by atoms with Crippen molar-refractivity contribution in [1.82, 2.24) is 10.2 Å². The molecule has 1 saturated carbocycles. The van der Waals surface area contributed by atoms with E-state index < -0.39 is 0 Å². The molecule has 114 valence electrons. The van der Waals surface area contributed by atoms with Crippen LogP contribution in [0.2, 0.25) is 0 Å². The molecular formula is C16H29N3O. The number of piperidine rings is 1. The van der Waals surface area contributed by atoms with E-state index >= 15 is 0 Å². The van der Waals surface area contributed by atoms with Gasteiger partial charge in [0.05, 0.1) is 0 Å². The molecule has 20 heavy (non-hydrogen) atoms. The third-order valence-corrected chi connectivity index (χ3v) is 5.85. The summed E-state index contributed by atoms with van der Waals surface area (Å²) in [6.07, 6.45) is 9.32. The molecule has 3 aliphatic rings. The zero-order chi connectivity index (χ0) is 14.1. The Balaban J connectivity index is 1.44.